The van der Waals surface area contributed by atoms with E-state index in [2.05, 4.69) is 29.2 Å². The Bertz CT molecular complexity index is 311. The van der Waals surface area contributed by atoms with Gasteiger partial charge in [-0.15, -0.1) is 5.10 Å². The van der Waals surface area contributed by atoms with Crippen molar-refractivity contribution < 1.29 is 0 Å². The fourth-order valence-corrected chi connectivity index (χ4v) is 1.32. The predicted octanol–water partition coefficient (Wildman–Crippen LogP) is 1.51. The van der Waals surface area contributed by atoms with Gasteiger partial charge in [-0.25, -0.2) is 9.67 Å². The van der Waals surface area contributed by atoms with Gasteiger partial charge in [-0.3, -0.25) is 0 Å². The zero-order valence-corrected chi connectivity index (χ0v) is 7.36. The molecule has 1 aliphatic heterocycles. The van der Waals surface area contributed by atoms with Crippen LogP contribution in [0.25, 0.3) is 0 Å². The summed E-state index contributed by atoms with van der Waals surface area (Å²) in [6.07, 6.45) is 3.90. The third-order valence-electron chi connectivity index (χ3n) is 1.95. The van der Waals surface area contributed by atoms with Crippen molar-refractivity contribution in [1.29, 1.82) is 0 Å². The maximum absolute atomic E-state index is 4.29. The lowest BCUT2D eigenvalue weighted by molar-refractivity contribution is 0.518. The summed E-state index contributed by atoms with van der Waals surface area (Å²) in [5.74, 6) is 0.941. The highest BCUT2D eigenvalue weighted by molar-refractivity contribution is 5.65. The van der Waals surface area contributed by atoms with E-state index >= 15 is 0 Å². The van der Waals surface area contributed by atoms with E-state index in [1.807, 2.05) is 10.9 Å². The SMILES string of the molecule is CC(C)n1nnc2c1N=CCC2. The van der Waals surface area contributed by atoms with Crippen LogP contribution in [0.2, 0.25) is 0 Å². The van der Waals surface area contributed by atoms with Crippen LogP contribution in [-0.4, -0.2) is 21.2 Å². The normalized spacial score (nSPS) is 15.2. The quantitative estimate of drug-likeness (QED) is 0.631. The Labute approximate surface area is 71.3 Å². The summed E-state index contributed by atoms with van der Waals surface area (Å²) in [6, 6.07) is 0.344. The van der Waals surface area contributed by atoms with E-state index in [1.165, 1.54) is 0 Å². The Morgan fingerprint density at radius 3 is 3.08 bits per heavy atom. The molecule has 0 amide bonds. The third kappa shape index (κ3) is 1.03. The molecule has 0 spiro atoms. The van der Waals surface area contributed by atoms with Crippen LogP contribution in [0.1, 0.15) is 32.0 Å². The number of fused-ring (bicyclic) bond motifs is 1. The summed E-state index contributed by atoms with van der Waals surface area (Å²) >= 11 is 0. The van der Waals surface area contributed by atoms with Crippen molar-refractivity contribution in [2.75, 3.05) is 0 Å². The highest BCUT2D eigenvalue weighted by Crippen LogP contribution is 2.23. The van der Waals surface area contributed by atoms with Gasteiger partial charge in [-0.2, -0.15) is 0 Å². The number of nitrogens with zero attached hydrogens (tertiary/aromatic N) is 4. The van der Waals surface area contributed by atoms with E-state index in [9.17, 15) is 0 Å². The van der Waals surface area contributed by atoms with Gasteiger partial charge < -0.3 is 0 Å². The molecule has 12 heavy (non-hydrogen) atoms. The van der Waals surface area contributed by atoms with Crippen LogP contribution < -0.4 is 0 Å². The Morgan fingerprint density at radius 2 is 2.33 bits per heavy atom. The van der Waals surface area contributed by atoms with Gasteiger partial charge in [0, 0.05) is 12.6 Å². The topological polar surface area (TPSA) is 43.1 Å². The molecule has 4 nitrogen and oxygen atoms in total. The smallest absolute Gasteiger partial charge is 0.174 e. The number of rotatable bonds is 1. The van der Waals surface area contributed by atoms with E-state index in [0.717, 1.165) is 24.4 Å². The molecule has 0 unspecified atom stereocenters. The van der Waals surface area contributed by atoms with Gasteiger partial charge in [0.15, 0.2) is 5.82 Å². The molecule has 0 bridgehead atoms. The molecule has 64 valence electrons. The van der Waals surface area contributed by atoms with E-state index in [1.54, 1.807) is 0 Å². The van der Waals surface area contributed by atoms with E-state index in [4.69, 9.17) is 0 Å². The van der Waals surface area contributed by atoms with Crippen LogP contribution in [0.15, 0.2) is 4.99 Å². The maximum Gasteiger partial charge on any atom is 0.174 e. The first-order valence-electron chi connectivity index (χ1n) is 4.25. The van der Waals surface area contributed by atoms with Gasteiger partial charge >= 0.3 is 0 Å². The lowest BCUT2D eigenvalue weighted by Gasteiger charge is -2.08. The molecule has 0 fully saturated rings. The van der Waals surface area contributed by atoms with Gasteiger partial charge in [0.25, 0.3) is 0 Å². The Hall–Kier alpha value is -1.19. The average Bonchev–Trinajstić information content (AvgIpc) is 2.47. The highest BCUT2D eigenvalue weighted by atomic mass is 15.5. The van der Waals surface area contributed by atoms with Crippen LogP contribution in [0.4, 0.5) is 5.82 Å². The van der Waals surface area contributed by atoms with Crippen molar-refractivity contribution in [2.24, 2.45) is 4.99 Å². The zero-order valence-electron chi connectivity index (χ0n) is 7.36. The monoisotopic (exact) mass is 164 g/mol. The second-order valence-electron chi connectivity index (χ2n) is 3.25. The summed E-state index contributed by atoms with van der Waals surface area (Å²) < 4.78 is 1.87. The van der Waals surface area contributed by atoms with Gasteiger partial charge in [0.2, 0.25) is 0 Å². The highest BCUT2D eigenvalue weighted by Gasteiger charge is 2.15. The van der Waals surface area contributed by atoms with E-state index < -0.39 is 0 Å². The van der Waals surface area contributed by atoms with Gasteiger partial charge in [-0.05, 0) is 20.3 Å². The zero-order chi connectivity index (χ0) is 8.55. The van der Waals surface area contributed by atoms with Crippen molar-refractivity contribution in [3.63, 3.8) is 0 Å². The first kappa shape index (κ1) is 7.46. The molecule has 0 saturated heterocycles. The largest absolute Gasteiger partial charge is 0.240 e. The standard InChI is InChI=1S/C8H12N4/c1-6(2)12-8-7(10-11-12)4-3-5-9-8/h5-6H,3-4H2,1-2H3. The number of aromatic nitrogens is 3. The molecule has 2 heterocycles. The number of hydrogen-bond acceptors (Lipinski definition) is 3. The first-order valence-corrected chi connectivity index (χ1v) is 4.25. The Balaban J connectivity index is 2.47. The molecule has 1 aliphatic rings. The van der Waals surface area contributed by atoms with E-state index in [0.29, 0.717) is 6.04 Å². The Morgan fingerprint density at radius 1 is 1.50 bits per heavy atom. The minimum absolute atomic E-state index is 0.344. The average molecular weight is 164 g/mol. The van der Waals surface area contributed by atoms with Crippen LogP contribution in [0, 0.1) is 0 Å². The van der Waals surface area contributed by atoms with Crippen molar-refractivity contribution in [2.45, 2.75) is 32.7 Å². The molecular weight excluding hydrogens is 152 g/mol. The van der Waals surface area contributed by atoms with Gasteiger partial charge in [-0.1, -0.05) is 5.21 Å². The molecule has 0 aliphatic carbocycles. The summed E-state index contributed by atoms with van der Waals surface area (Å²) in [5, 5.41) is 8.13. The lowest BCUT2D eigenvalue weighted by atomic mass is 10.2. The molecule has 0 N–H and O–H groups in total. The fourth-order valence-electron chi connectivity index (χ4n) is 1.32. The van der Waals surface area contributed by atoms with Crippen molar-refractivity contribution in [3.8, 4) is 0 Å². The molecule has 0 saturated carbocycles. The first-order chi connectivity index (χ1) is 5.79. The van der Waals surface area contributed by atoms with Crippen LogP contribution in [-0.2, 0) is 6.42 Å². The van der Waals surface area contributed by atoms with Crippen LogP contribution in [0.3, 0.4) is 0 Å². The second-order valence-corrected chi connectivity index (χ2v) is 3.25. The molecule has 1 aromatic heterocycles. The molecule has 0 radical (unpaired) electrons. The Kier molecular flexibility index (Phi) is 1.67. The number of aryl methyl sites for hydroxylation is 1. The lowest BCUT2D eigenvalue weighted by Crippen LogP contribution is -2.03. The molecule has 2 rings (SSSR count). The maximum atomic E-state index is 4.29. The molecule has 0 atom stereocenters. The summed E-state index contributed by atoms with van der Waals surface area (Å²) in [5.41, 5.74) is 1.03. The van der Waals surface area contributed by atoms with Crippen LogP contribution in [0.5, 0.6) is 0 Å². The molecule has 1 aromatic rings. The van der Waals surface area contributed by atoms with Gasteiger partial charge in [0.1, 0.15) is 5.69 Å². The fraction of sp³-hybridized carbons (Fsp3) is 0.625. The minimum Gasteiger partial charge on any atom is -0.240 e. The van der Waals surface area contributed by atoms with Crippen molar-refractivity contribution >= 4 is 12.0 Å². The second kappa shape index (κ2) is 2.69. The summed E-state index contributed by atoms with van der Waals surface area (Å²) in [7, 11) is 0. The predicted molar refractivity (Wildman–Crippen MR) is 46.9 cm³/mol. The number of hydrogen-bond donors (Lipinski definition) is 0. The van der Waals surface area contributed by atoms with Crippen LogP contribution >= 0.6 is 0 Å². The summed E-state index contributed by atoms with van der Waals surface area (Å²) in [6.45, 7) is 4.16. The molecular formula is C8H12N4. The van der Waals surface area contributed by atoms with Gasteiger partial charge in [0.05, 0.1) is 6.04 Å². The minimum atomic E-state index is 0.344. The number of aliphatic imine (C=N–C) groups is 1. The van der Waals surface area contributed by atoms with Crippen molar-refractivity contribution in [1.82, 2.24) is 15.0 Å². The summed E-state index contributed by atoms with van der Waals surface area (Å²) in [4.78, 5) is 4.29. The van der Waals surface area contributed by atoms with Crippen molar-refractivity contribution in [3.05, 3.63) is 5.69 Å². The third-order valence-corrected chi connectivity index (χ3v) is 1.95. The molecule has 4 heteroatoms. The van der Waals surface area contributed by atoms with E-state index in [-0.39, 0.29) is 0 Å². The molecule has 0 aromatic carbocycles.